The summed E-state index contributed by atoms with van der Waals surface area (Å²) in [5, 5.41) is 2.86. The lowest BCUT2D eigenvalue weighted by molar-refractivity contribution is -0.123. The highest BCUT2D eigenvalue weighted by atomic mass is 35.5. The molecule has 0 aliphatic heterocycles. The number of carbonyl (C=O) groups excluding carboxylic acids is 2. The van der Waals surface area contributed by atoms with E-state index in [1.54, 1.807) is 12.1 Å². The molecule has 0 fully saturated rings. The van der Waals surface area contributed by atoms with E-state index in [1.165, 1.54) is 43.3 Å². The molecule has 22 heavy (non-hydrogen) atoms. The highest BCUT2D eigenvalue weighted by molar-refractivity contribution is 6.30. The molecule has 0 saturated carbocycles. The number of anilines is 1. The average molecular weight is 322 g/mol. The van der Waals surface area contributed by atoms with E-state index in [9.17, 15) is 14.0 Å². The van der Waals surface area contributed by atoms with E-state index in [1.807, 2.05) is 0 Å². The van der Waals surface area contributed by atoms with Crippen molar-refractivity contribution in [3.05, 3.63) is 64.9 Å². The predicted octanol–water partition coefficient (Wildman–Crippen LogP) is 3.66. The van der Waals surface area contributed by atoms with Crippen molar-refractivity contribution in [2.75, 3.05) is 5.32 Å². The molecule has 0 radical (unpaired) electrons. The lowest BCUT2D eigenvalue weighted by atomic mass is 10.2. The quantitative estimate of drug-likeness (QED) is 0.874. The number of amides is 1. The van der Waals surface area contributed by atoms with Crippen molar-refractivity contribution in [3.8, 4) is 0 Å². The van der Waals surface area contributed by atoms with Gasteiger partial charge in [0.25, 0.3) is 5.91 Å². The molecule has 0 aliphatic rings. The van der Waals surface area contributed by atoms with Gasteiger partial charge in [0.05, 0.1) is 5.56 Å². The van der Waals surface area contributed by atoms with Crippen LogP contribution in [0.1, 0.15) is 17.3 Å². The minimum absolute atomic E-state index is 0.248. The molecule has 0 aromatic heterocycles. The fourth-order valence-electron chi connectivity index (χ4n) is 1.71. The van der Waals surface area contributed by atoms with Gasteiger partial charge in [0.15, 0.2) is 6.10 Å². The zero-order valence-corrected chi connectivity index (χ0v) is 12.4. The highest BCUT2D eigenvalue weighted by Gasteiger charge is 2.19. The van der Waals surface area contributed by atoms with Crippen LogP contribution in [0.2, 0.25) is 5.02 Å². The Hall–Kier alpha value is -2.40. The molecule has 1 N–H and O–H groups in total. The predicted molar refractivity (Wildman–Crippen MR) is 81.4 cm³/mol. The van der Waals surface area contributed by atoms with Crippen molar-refractivity contribution >= 4 is 29.2 Å². The Kier molecular flexibility index (Phi) is 5.12. The van der Waals surface area contributed by atoms with Crippen molar-refractivity contribution < 1.29 is 18.7 Å². The van der Waals surface area contributed by atoms with Crippen LogP contribution in [0, 0.1) is 5.82 Å². The Bertz CT molecular complexity index is 705. The van der Waals surface area contributed by atoms with Gasteiger partial charge >= 0.3 is 5.97 Å². The number of hydrogen-bond donors (Lipinski definition) is 1. The molecule has 2 aromatic carbocycles. The summed E-state index contributed by atoms with van der Waals surface area (Å²) in [6, 6.07) is 11.6. The molecule has 0 heterocycles. The summed E-state index contributed by atoms with van der Waals surface area (Å²) in [5.74, 6) is -1.69. The first-order valence-corrected chi connectivity index (χ1v) is 6.86. The topological polar surface area (TPSA) is 55.4 Å². The first-order chi connectivity index (χ1) is 10.5. The Labute approximate surface area is 131 Å². The molecule has 114 valence electrons. The summed E-state index contributed by atoms with van der Waals surface area (Å²) in [6.07, 6.45) is -1.03. The van der Waals surface area contributed by atoms with E-state index in [-0.39, 0.29) is 11.3 Å². The van der Waals surface area contributed by atoms with Crippen LogP contribution < -0.4 is 5.32 Å². The molecular formula is C16H13ClFNO3. The van der Waals surface area contributed by atoms with E-state index in [2.05, 4.69) is 5.32 Å². The standard InChI is InChI=1S/C16H13ClFNO3/c1-10(15(20)19-14-7-3-6-13(18)9-14)22-16(21)11-4-2-5-12(17)8-11/h2-10H,1H3,(H,19,20). The molecule has 2 rings (SSSR count). The van der Waals surface area contributed by atoms with Gasteiger partial charge in [0.2, 0.25) is 0 Å². The number of esters is 1. The molecule has 1 amide bonds. The van der Waals surface area contributed by atoms with Crippen molar-refractivity contribution in [1.82, 2.24) is 0 Å². The molecule has 1 atom stereocenters. The van der Waals surface area contributed by atoms with Gasteiger partial charge in [-0.15, -0.1) is 0 Å². The van der Waals surface area contributed by atoms with Crippen LogP contribution in [-0.2, 0) is 9.53 Å². The smallest absolute Gasteiger partial charge is 0.338 e. The van der Waals surface area contributed by atoms with Crippen molar-refractivity contribution in [2.45, 2.75) is 13.0 Å². The fourth-order valence-corrected chi connectivity index (χ4v) is 1.90. The maximum atomic E-state index is 13.0. The maximum Gasteiger partial charge on any atom is 0.338 e. The first kappa shape index (κ1) is 16.0. The Morgan fingerprint density at radius 3 is 2.59 bits per heavy atom. The second-order valence-electron chi connectivity index (χ2n) is 4.56. The van der Waals surface area contributed by atoms with Crippen molar-refractivity contribution in [1.29, 1.82) is 0 Å². The van der Waals surface area contributed by atoms with Crippen LogP contribution in [-0.4, -0.2) is 18.0 Å². The first-order valence-electron chi connectivity index (χ1n) is 6.48. The second-order valence-corrected chi connectivity index (χ2v) is 4.99. The number of hydrogen-bond acceptors (Lipinski definition) is 3. The Balaban J connectivity index is 1.98. The zero-order valence-electron chi connectivity index (χ0n) is 11.7. The molecule has 0 saturated heterocycles. The lowest BCUT2D eigenvalue weighted by Crippen LogP contribution is -2.30. The number of nitrogens with one attached hydrogen (secondary N) is 1. The van der Waals surface area contributed by atoms with E-state index in [4.69, 9.17) is 16.3 Å². The molecule has 0 bridgehead atoms. The lowest BCUT2D eigenvalue weighted by Gasteiger charge is -2.13. The van der Waals surface area contributed by atoms with E-state index in [0.29, 0.717) is 5.02 Å². The minimum atomic E-state index is -1.03. The number of halogens is 2. The molecule has 4 nitrogen and oxygen atoms in total. The van der Waals surface area contributed by atoms with Crippen LogP contribution in [0.25, 0.3) is 0 Å². The summed E-state index contributed by atoms with van der Waals surface area (Å²) in [7, 11) is 0. The Morgan fingerprint density at radius 2 is 1.91 bits per heavy atom. The van der Waals surface area contributed by atoms with E-state index in [0.717, 1.165) is 0 Å². The SMILES string of the molecule is CC(OC(=O)c1cccc(Cl)c1)C(=O)Nc1cccc(F)c1. The van der Waals surface area contributed by atoms with E-state index >= 15 is 0 Å². The summed E-state index contributed by atoms with van der Waals surface area (Å²) in [4.78, 5) is 23.8. The van der Waals surface area contributed by atoms with E-state index < -0.39 is 23.8 Å². The summed E-state index contributed by atoms with van der Waals surface area (Å²) >= 11 is 5.79. The van der Waals surface area contributed by atoms with Gasteiger partial charge in [0, 0.05) is 10.7 Å². The summed E-state index contributed by atoms with van der Waals surface area (Å²) in [5.41, 5.74) is 0.536. The summed E-state index contributed by atoms with van der Waals surface area (Å²) < 4.78 is 18.1. The van der Waals surface area contributed by atoms with Crippen LogP contribution in [0.15, 0.2) is 48.5 Å². The van der Waals surface area contributed by atoms with Gasteiger partial charge in [-0.1, -0.05) is 23.7 Å². The molecule has 0 aliphatic carbocycles. The third kappa shape index (κ3) is 4.30. The zero-order chi connectivity index (χ0) is 16.1. The molecule has 1 unspecified atom stereocenters. The van der Waals surface area contributed by atoms with Crippen molar-refractivity contribution in [3.63, 3.8) is 0 Å². The number of rotatable bonds is 4. The number of benzene rings is 2. The molecular weight excluding hydrogens is 309 g/mol. The molecule has 2 aromatic rings. The van der Waals surface area contributed by atoms with Gasteiger partial charge in [-0.05, 0) is 43.3 Å². The Morgan fingerprint density at radius 1 is 1.18 bits per heavy atom. The fraction of sp³-hybridized carbons (Fsp3) is 0.125. The largest absolute Gasteiger partial charge is 0.449 e. The van der Waals surface area contributed by atoms with Crippen LogP contribution >= 0.6 is 11.6 Å². The van der Waals surface area contributed by atoms with Gasteiger partial charge in [0.1, 0.15) is 5.82 Å². The third-order valence-electron chi connectivity index (χ3n) is 2.81. The monoisotopic (exact) mass is 321 g/mol. The van der Waals surface area contributed by atoms with Crippen LogP contribution in [0.4, 0.5) is 10.1 Å². The summed E-state index contributed by atoms with van der Waals surface area (Å²) in [6.45, 7) is 1.43. The maximum absolute atomic E-state index is 13.0. The second kappa shape index (κ2) is 7.04. The van der Waals surface area contributed by atoms with Gasteiger partial charge in [-0.25, -0.2) is 9.18 Å². The van der Waals surface area contributed by atoms with Crippen LogP contribution in [0.3, 0.4) is 0 Å². The van der Waals surface area contributed by atoms with Gasteiger partial charge < -0.3 is 10.1 Å². The van der Waals surface area contributed by atoms with Gasteiger partial charge in [-0.2, -0.15) is 0 Å². The number of ether oxygens (including phenoxy) is 1. The average Bonchev–Trinajstić information content (AvgIpc) is 2.47. The minimum Gasteiger partial charge on any atom is -0.449 e. The van der Waals surface area contributed by atoms with Gasteiger partial charge in [-0.3, -0.25) is 4.79 Å². The number of carbonyl (C=O) groups is 2. The molecule has 6 heteroatoms. The van der Waals surface area contributed by atoms with Crippen molar-refractivity contribution in [2.24, 2.45) is 0 Å². The normalized spacial score (nSPS) is 11.6. The molecule has 0 spiro atoms. The third-order valence-corrected chi connectivity index (χ3v) is 3.04. The highest BCUT2D eigenvalue weighted by Crippen LogP contribution is 2.13. The van der Waals surface area contributed by atoms with Crippen LogP contribution in [0.5, 0.6) is 0 Å².